The van der Waals surface area contributed by atoms with Crippen LogP contribution in [0.25, 0.3) is 0 Å². The van der Waals surface area contributed by atoms with Crippen LogP contribution in [-0.2, 0) is 24.2 Å². The number of carbonyl (C=O) groups excluding carboxylic acids is 3. The first-order valence-corrected chi connectivity index (χ1v) is 12.1. The lowest BCUT2D eigenvalue weighted by atomic mass is 9.77. The van der Waals surface area contributed by atoms with Crippen molar-refractivity contribution in [3.63, 3.8) is 0 Å². The smallest absolute Gasteiger partial charge is 0.325 e. The fraction of sp³-hybridized carbons (Fsp3) is 0.318. The van der Waals surface area contributed by atoms with Crippen LogP contribution in [0.5, 0.6) is 0 Å². The molecule has 3 rings (SSSR count). The number of halogens is 3. The van der Waals surface area contributed by atoms with E-state index >= 15 is 0 Å². The number of benzene rings is 2. The number of methoxy groups -OCH3 is 1. The Labute approximate surface area is 204 Å². The van der Waals surface area contributed by atoms with Crippen molar-refractivity contribution < 1.29 is 41.4 Å². The van der Waals surface area contributed by atoms with Crippen molar-refractivity contribution in [1.82, 2.24) is 5.32 Å². The van der Waals surface area contributed by atoms with Crippen LogP contribution >= 0.6 is 11.6 Å². The van der Waals surface area contributed by atoms with E-state index in [-0.39, 0.29) is 40.6 Å². The normalized spacial score (nSPS) is 19.4. The molecule has 0 radical (unpaired) electrons. The van der Waals surface area contributed by atoms with Gasteiger partial charge in [-0.05, 0) is 43.2 Å². The van der Waals surface area contributed by atoms with E-state index in [4.69, 9.17) is 11.6 Å². The molecule has 0 aromatic heterocycles. The number of ether oxygens (including phenoxy) is 1. The topological polar surface area (TPSA) is 139 Å². The minimum Gasteiger partial charge on any atom is -0.468 e. The predicted octanol–water partition coefficient (Wildman–Crippen LogP) is 2.22. The van der Waals surface area contributed by atoms with Crippen molar-refractivity contribution in [2.75, 3.05) is 19.0 Å². The van der Waals surface area contributed by atoms with Gasteiger partial charge in [0, 0.05) is 17.3 Å². The average molecular weight is 531 g/mol. The Morgan fingerprint density at radius 1 is 1.14 bits per heavy atom. The molecule has 0 bridgehead atoms. The number of amides is 2. The lowest BCUT2D eigenvalue weighted by Crippen LogP contribution is -2.53. The van der Waals surface area contributed by atoms with Crippen molar-refractivity contribution in [3.05, 3.63) is 58.6 Å². The lowest BCUT2D eigenvalue weighted by Gasteiger charge is -2.42. The monoisotopic (exact) mass is 530 g/mol. The summed E-state index contributed by atoms with van der Waals surface area (Å²) in [6.45, 7) is -0.387. The van der Waals surface area contributed by atoms with Gasteiger partial charge in [0.2, 0.25) is 5.91 Å². The number of nitrogens with one attached hydrogen (secondary N) is 2. The van der Waals surface area contributed by atoms with Crippen molar-refractivity contribution in [3.8, 4) is 0 Å². The highest BCUT2D eigenvalue weighted by Gasteiger charge is 2.50. The standard InChI is InChI=1S/C22H21ClF2N2O7S/c1-34-20(29)11-26-19(28)10-22(31)8-14(9-22)35(32,33)18-6-12(2-4-15(18)23)21(30)27-13-3-5-16(24)17(25)7-13/h2-7,14,31H,8-11H2,1H3,(H,26,28)(H,27,30). The molecule has 13 heteroatoms. The molecule has 0 unspecified atom stereocenters. The Morgan fingerprint density at radius 2 is 1.83 bits per heavy atom. The summed E-state index contributed by atoms with van der Waals surface area (Å²) >= 11 is 6.08. The van der Waals surface area contributed by atoms with Gasteiger partial charge in [-0.25, -0.2) is 17.2 Å². The van der Waals surface area contributed by atoms with Gasteiger partial charge in [0.15, 0.2) is 21.5 Å². The fourth-order valence-electron chi connectivity index (χ4n) is 3.58. The number of sulfone groups is 1. The minimum atomic E-state index is -4.10. The molecule has 3 N–H and O–H groups in total. The number of esters is 1. The highest BCUT2D eigenvalue weighted by molar-refractivity contribution is 7.92. The number of hydrogen-bond donors (Lipinski definition) is 3. The maximum atomic E-state index is 13.4. The molecule has 0 saturated heterocycles. The van der Waals surface area contributed by atoms with E-state index in [2.05, 4.69) is 15.4 Å². The molecular formula is C22H21ClF2N2O7S. The Morgan fingerprint density at radius 3 is 2.46 bits per heavy atom. The molecule has 0 aliphatic heterocycles. The number of aliphatic hydroxyl groups is 1. The Kier molecular flexibility index (Phi) is 7.77. The predicted molar refractivity (Wildman–Crippen MR) is 121 cm³/mol. The third-order valence-corrected chi connectivity index (χ3v) is 8.08. The molecule has 9 nitrogen and oxygen atoms in total. The maximum absolute atomic E-state index is 13.4. The van der Waals surface area contributed by atoms with E-state index < -0.39 is 56.5 Å². The van der Waals surface area contributed by atoms with Crippen LogP contribution in [0.4, 0.5) is 14.5 Å². The highest BCUT2D eigenvalue weighted by Crippen LogP contribution is 2.43. The molecule has 0 heterocycles. The third-order valence-electron chi connectivity index (χ3n) is 5.48. The number of carbonyl (C=O) groups is 3. The Bertz CT molecular complexity index is 1280. The molecule has 1 aliphatic rings. The maximum Gasteiger partial charge on any atom is 0.325 e. The van der Waals surface area contributed by atoms with Crippen LogP contribution in [0, 0.1) is 11.6 Å². The molecule has 35 heavy (non-hydrogen) atoms. The zero-order valence-electron chi connectivity index (χ0n) is 18.3. The molecule has 0 spiro atoms. The molecule has 0 atom stereocenters. The summed E-state index contributed by atoms with van der Waals surface area (Å²) in [4.78, 5) is 35.2. The van der Waals surface area contributed by atoms with Crippen molar-refractivity contribution in [2.24, 2.45) is 0 Å². The van der Waals surface area contributed by atoms with Crippen LogP contribution < -0.4 is 10.6 Å². The van der Waals surface area contributed by atoms with Gasteiger partial charge in [0.25, 0.3) is 5.91 Å². The van der Waals surface area contributed by atoms with Crippen molar-refractivity contribution in [2.45, 2.75) is 35.0 Å². The van der Waals surface area contributed by atoms with Crippen LogP contribution in [-0.4, -0.2) is 55.8 Å². The number of hydrogen-bond acceptors (Lipinski definition) is 7. The van der Waals surface area contributed by atoms with E-state index in [9.17, 15) is 36.7 Å². The van der Waals surface area contributed by atoms with Gasteiger partial charge in [-0.15, -0.1) is 0 Å². The van der Waals surface area contributed by atoms with E-state index in [1.54, 1.807) is 0 Å². The van der Waals surface area contributed by atoms with Crippen LogP contribution in [0.2, 0.25) is 5.02 Å². The molecule has 2 amide bonds. The van der Waals surface area contributed by atoms with Gasteiger partial charge < -0.3 is 20.5 Å². The summed E-state index contributed by atoms with van der Waals surface area (Å²) in [5.74, 6) is -4.37. The van der Waals surface area contributed by atoms with Gasteiger partial charge >= 0.3 is 5.97 Å². The molecule has 1 fully saturated rings. The first kappa shape index (κ1) is 26.5. The van der Waals surface area contributed by atoms with E-state index in [1.165, 1.54) is 12.1 Å². The number of anilines is 1. The SMILES string of the molecule is COC(=O)CNC(=O)CC1(O)CC(S(=O)(=O)c2cc(C(=O)Nc3ccc(F)c(F)c3)ccc2Cl)C1. The van der Waals surface area contributed by atoms with Crippen LogP contribution in [0.3, 0.4) is 0 Å². The van der Waals surface area contributed by atoms with Crippen LogP contribution in [0.1, 0.15) is 29.6 Å². The second-order valence-electron chi connectivity index (χ2n) is 8.06. The lowest BCUT2D eigenvalue weighted by molar-refractivity contribution is -0.142. The summed E-state index contributed by atoms with van der Waals surface area (Å²) < 4.78 is 57.1. The van der Waals surface area contributed by atoms with Crippen molar-refractivity contribution in [1.29, 1.82) is 0 Å². The first-order chi connectivity index (χ1) is 16.3. The largest absolute Gasteiger partial charge is 0.468 e. The fourth-order valence-corrected chi connectivity index (χ4v) is 6.06. The van der Waals surface area contributed by atoms with Crippen LogP contribution in [0.15, 0.2) is 41.3 Å². The average Bonchev–Trinajstić information content (AvgIpc) is 2.78. The summed E-state index contributed by atoms with van der Waals surface area (Å²) in [5.41, 5.74) is -1.73. The first-order valence-electron chi connectivity index (χ1n) is 10.2. The zero-order chi connectivity index (χ0) is 26.0. The summed E-state index contributed by atoms with van der Waals surface area (Å²) in [6.07, 6.45) is -0.939. The van der Waals surface area contributed by atoms with Gasteiger partial charge in [-0.1, -0.05) is 11.6 Å². The van der Waals surface area contributed by atoms with E-state index in [0.717, 1.165) is 31.4 Å². The highest BCUT2D eigenvalue weighted by atomic mass is 35.5. The zero-order valence-corrected chi connectivity index (χ0v) is 19.9. The molecule has 2 aromatic rings. The van der Waals surface area contributed by atoms with Gasteiger partial charge in [0.05, 0.1) is 34.3 Å². The molecule has 1 aliphatic carbocycles. The van der Waals surface area contributed by atoms with E-state index in [0.29, 0.717) is 0 Å². The Hall–Kier alpha value is -3.09. The summed E-state index contributed by atoms with van der Waals surface area (Å²) in [7, 11) is -2.95. The second-order valence-corrected chi connectivity index (χ2v) is 10.7. The molecule has 188 valence electrons. The summed E-state index contributed by atoms with van der Waals surface area (Å²) in [5, 5.41) is 13.9. The third kappa shape index (κ3) is 6.13. The number of rotatable bonds is 8. The summed E-state index contributed by atoms with van der Waals surface area (Å²) in [6, 6.07) is 6.26. The van der Waals surface area contributed by atoms with Crippen molar-refractivity contribution >= 4 is 44.9 Å². The van der Waals surface area contributed by atoms with Gasteiger partial charge in [-0.3, -0.25) is 14.4 Å². The molecule has 2 aromatic carbocycles. The molecular weight excluding hydrogens is 510 g/mol. The van der Waals surface area contributed by atoms with Gasteiger partial charge in [-0.2, -0.15) is 0 Å². The van der Waals surface area contributed by atoms with Gasteiger partial charge in [0.1, 0.15) is 6.54 Å². The quantitative estimate of drug-likeness (QED) is 0.445. The minimum absolute atomic E-state index is 0.0391. The molecule has 1 saturated carbocycles. The second kappa shape index (κ2) is 10.3. The van der Waals surface area contributed by atoms with E-state index in [1.807, 2.05) is 0 Å². The Balaban J connectivity index is 1.70.